The lowest BCUT2D eigenvalue weighted by Gasteiger charge is -2.11. The van der Waals surface area contributed by atoms with Crippen molar-refractivity contribution in [1.29, 1.82) is 0 Å². The number of anilines is 1. The Hall–Kier alpha value is -4.16. The first-order chi connectivity index (χ1) is 18.0. The lowest BCUT2D eigenvalue weighted by Crippen LogP contribution is -2.29. The van der Waals surface area contributed by atoms with Crippen molar-refractivity contribution >= 4 is 21.7 Å². The zero-order valence-electron chi connectivity index (χ0n) is 19.9. The summed E-state index contributed by atoms with van der Waals surface area (Å²) >= 11 is 0. The standard InChI is InChI=1S/C26H24F3N5O3S/c27-26(28,29)19-12-14-20(15-13-19)32-25(35)31-16-6-9-21-17-23(18-7-2-1-3-8-18)34(33-21)22-10-4-5-11-24(22)38(30,36)37/h1-5,7-8,10-15,17H,6,9,16H2,(H2,30,36,37)(H2,31,32,35). The largest absolute Gasteiger partial charge is 0.416 e. The van der Waals surface area contributed by atoms with Gasteiger partial charge in [-0.25, -0.2) is 23.0 Å². The lowest BCUT2D eigenvalue weighted by atomic mass is 10.1. The Morgan fingerprint density at radius 3 is 2.26 bits per heavy atom. The molecule has 38 heavy (non-hydrogen) atoms. The van der Waals surface area contributed by atoms with Crippen LogP contribution in [0.1, 0.15) is 17.7 Å². The summed E-state index contributed by atoms with van der Waals surface area (Å²) in [6.45, 7) is 0.272. The van der Waals surface area contributed by atoms with Crippen molar-refractivity contribution in [2.45, 2.75) is 23.9 Å². The number of carbonyl (C=O) groups is 1. The van der Waals surface area contributed by atoms with Crippen molar-refractivity contribution in [3.8, 4) is 16.9 Å². The number of halogens is 3. The SMILES string of the molecule is NS(=O)(=O)c1ccccc1-n1nc(CCCNC(=O)Nc2ccc(C(F)(F)F)cc2)cc1-c1ccccc1. The van der Waals surface area contributed by atoms with E-state index in [1.807, 2.05) is 36.4 Å². The summed E-state index contributed by atoms with van der Waals surface area (Å²) in [5.41, 5.74) is 1.90. The highest BCUT2D eigenvalue weighted by Crippen LogP contribution is 2.30. The molecule has 0 aliphatic rings. The molecule has 8 nitrogen and oxygen atoms in total. The lowest BCUT2D eigenvalue weighted by molar-refractivity contribution is -0.137. The number of urea groups is 1. The molecule has 0 saturated heterocycles. The first-order valence-corrected chi connectivity index (χ1v) is 13.1. The topological polar surface area (TPSA) is 119 Å². The number of nitrogens with one attached hydrogen (secondary N) is 2. The van der Waals surface area contributed by atoms with Crippen molar-refractivity contribution in [2.24, 2.45) is 5.14 Å². The van der Waals surface area contributed by atoms with Gasteiger partial charge in [-0.15, -0.1) is 0 Å². The minimum Gasteiger partial charge on any atom is -0.338 e. The molecule has 0 spiro atoms. The summed E-state index contributed by atoms with van der Waals surface area (Å²) in [6.07, 6.45) is -3.48. The van der Waals surface area contributed by atoms with E-state index >= 15 is 0 Å². The van der Waals surface area contributed by atoms with Crippen molar-refractivity contribution in [2.75, 3.05) is 11.9 Å². The van der Waals surface area contributed by atoms with Gasteiger partial charge < -0.3 is 10.6 Å². The van der Waals surface area contributed by atoms with Crippen LogP contribution in [-0.2, 0) is 22.6 Å². The van der Waals surface area contributed by atoms with Crippen LogP contribution in [-0.4, -0.2) is 30.8 Å². The molecule has 0 bridgehead atoms. The van der Waals surface area contributed by atoms with Crippen molar-refractivity contribution in [3.63, 3.8) is 0 Å². The van der Waals surface area contributed by atoms with Crippen LogP contribution in [0.4, 0.5) is 23.7 Å². The van der Waals surface area contributed by atoms with Gasteiger partial charge in [0, 0.05) is 17.8 Å². The predicted octanol–water partition coefficient (Wildman–Crippen LogP) is 4.96. The van der Waals surface area contributed by atoms with Crippen LogP contribution < -0.4 is 15.8 Å². The molecule has 0 aliphatic carbocycles. The van der Waals surface area contributed by atoms with Crippen LogP contribution in [0.15, 0.2) is 89.8 Å². The molecular formula is C26H24F3N5O3S. The number of nitrogens with two attached hydrogens (primary N) is 1. The summed E-state index contributed by atoms with van der Waals surface area (Å²) in [5.74, 6) is 0. The second kappa shape index (κ2) is 11.1. The van der Waals surface area contributed by atoms with Crippen LogP contribution in [0.2, 0.25) is 0 Å². The molecule has 0 fully saturated rings. The zero-order chi connectivity index (χ0) is 27.3. The van der Waals surface area contributed by atoms with Gasteiger partial charge in [0.15, 0.2) is 0 Å². The maximum atomic E-state index is 12.7. The third-order valence-electron chi connectivity index (χ3n) is 5.59. The predicted molar refractivity (Wildman–Crippen MR) is 137 cm³/mol. The molecule has 1 aromatic heterocycles. The Balaban J connectivity index is 1.44. The molecule has 12 heteroatoms. The van der Waals surface area contributed by atoms with Crippen LogP contribution in [0, 0.1) is 0 Å². The van der Waals surface area contributed by atoms with Crippen LogP contribution in [0.3, 0.4) is 0 Å². The third-order valence-corrected chi connectivity index (χ3v) is 6.55. The van der Waals surface area contributed by atoms with E-state index in [9.17, 15) is 26.4 Å². The van der Waals surface area contributed by atoms with Gasteiger partial charge in [-0.05, 0) is 55.3 Å². The third kappa shape index (κ3) is 6.58. The van der Waals surface area contributed by atoms with Gasteiger partial charge in [-0.1, -0.05) is 42.5 Å². The fourth-order valence-corrected chi connectivity index (χ4v) is 4.53. The van der Waals surface area contributed by atoms with Crippen LogP contribution in [0.25, 0.3) is 16.9 Å². The number of amides is 2. The Kier molecular flexibility index (Phi) is 7.83. The van der Waals surface area contributed by atoms with E-state index in [1.54, 1.807) is 18.2 Å². The molecule has 198 valence electrons. The number of carbonyl (C=O) groups excluding carboxylic acids is 1. The molecule has 0 aliphatic heterocycles. The van der Waals surface area contributed by atoms with Gasteiger partial charge in [0.1, 0.15) is 4.90 Å². The van der Waals surface area contributed by atoms with Gasteiger partial charge >= 0.3 is 12.2 Å². The molecule has 2 amide bonds. The quantitative estimate of drug-likeness (QED) is 0.272. The first-order valence-electron chi connectivity index (χ1n) is 11.5. The highest BCUT2D eigenvalue weighted by atomic mass is 32.2. The van der Waals surface area contributed by atoms with Crippen molar-refractivity contribution < 1.29 is 26.4 Å². The van der Waals surface area contributed by atoms with Gasteiger partial charge in [0.2, 0.25) is 10.0 Å². The second-order valence-corrected chi connectivity index (χ2v) is 9.90. The minimum absolute atomic E-state index is 0.0616. The van der Waals surface area contributed by atoms with E-state index in [-0.39, 0.29) is 17.1 Å². The molecule has 4 rings (SSSR count). The number of hydrogen-bond acceptors (Lipinski definition) is 4. The number of alkyl halides is 3. The van der Waals surface area contributed by atoms with Gasteiger partial charge in [-0.3, -0.25) is 0 Å². The number of rotatable bonds is 8. The molecule has 0 atom stereocenters. The molecule has 3 aromatic carbocycles. The maximum absolute atomic E-state index is 12.7. The zero-order valence-corrected chi connectivity index (χ0v) is 20.8. The average Bonchev–Trinajstić information content (AvgIpc) is 3.31. The second-order valence-electron chi connectivity index (χ2n) is 8.37. The number of aryl methyl sites for hydroxylation is 1. The molecule has 0 unspecified atom stereocenters. The van der Waals surface area contributed by atoms with E-state index in [0.717, 1.165) is 17.7 Å². The van der Waals surface area contributed by atoms with Crippen LogP contribution in [0.5, 0.6) is 0 Å². The van der Waals surface area contributed by atoms with Crippen molar-refractivity contribution in [3.05, 3.63) is 96.2 Å². The molecule has 1 heterocycles. The number of sulfonamides is 1. The molecular weight excluding hydrogens is 519 g/mol. The summed E-state index contributed by atoms with van der Waals surface area (Å²) in [5, 5.41) is 15.2. The monoisotopic (exact) mass is 543 g/mol. The van der Waals surface area contributed by atoms with Crippen LogP contribution >= 0.6 is 0 Å². The Morgan fingerprint density at radius 2 is 1.61 bits per heavy atom. The number of primary sulfonamides is 1. The minimum atomic E-state index is -4.45. The molecule has 0 saturated carbocycles. The Labute approximate surface area is 217 Å². The number of hydrogen-bond donors (Lipinski definition) is 3. The number of para-hydroxylation sites is 1. The smallest absolute Gasteiger partial charge is 0.338 e. The molecule has 0 radical (unpaired) electrons. The summed E-state index contributed by atoms with van der Waals surface area (Å²) in [4.78, 5) is 12.1. The molecule has 4 aromatic rings. The van der Waals surface area contributed by atoms with Gasteiger partial charge in [-0.2, -0.15) is 18.3 Å². The van der Waals surface area contributed by atoms with Crippen molar-refractivity contribution in [1.82, 2.24) is 15.1 Å². The summed E-state index contributed by atoms with van der Waals surface area (Å²) < 4.78 is 64.0. The van der Waals surface area contributed by atoms with Gasteiger partial charge in [0.25, 0.3) is 0 Å². The van der Waals surface area contributed by atoms with E-state index < -0.39 is 27.8 Å². The molecule has 4 N–H and O–H groups in total. The van der Waals surface area contributed by atoms with E-state index in [4.69, 9.17) is 5.14 Å². The summed E-state index contributed by atoms with van der Waals surface area (Å²) in [7, 11) is -4.01. The average molecular weight is 544 g/mol. The number of nitrogens with zero attached hydrogens (tertiary/aromatic N) is 2. The number of benzene rings is 3. The fraction of sp³-hybridized carbons (Fsp3) is 0.154. The van der Waals surface area contributed by atoms with E-state index in [0.29, 0.717) is 29.9 Å². The maximum Gasteiger partial charge on any atom is 0.416 e. The summed E-state index contributed by atoms with van der Waals surface area (Å²) in [6, 6.07) is 21.1. The highest BCUT2D eigenvalue weighted by molar-refractivity contribution is 7.89. The van der Waals surface area contributed by atoms with Gasteiger partial charge in [0.05, 0.1) is 22.6 Å². The fourth-order valence-electron chi connectivity index (χ4n) is 3.81. The Bertz CT molecular complexity index is 1520. The highest BCUT2D eigenvalue weighted by Gasteiger charge is 2.30. The first kappa shape index (κ1) is 26.9. The van der Waals surface area contributed by atoms with E-state index in [2.05, 4.69) is 15.7 Å². The van der Waals surface area contributed by atoms with E-state index in [1.165, 1.54) is 22.9 Å². The number of aromatic nitrogens is 2. The normalized spacial score (nSPS) is 11.8. The Morgan fingerprint density at radius 1 is 0.947 bits per heavy atom.